The molecule has 0 radical (unpaired) electrons. The van der Waals surface area contributed by atoms with Crippen LogP contribution in [0.2, 0.25) is 0 Å². The first kappa shape index (κ1) is 17.1. The van der Waals surface area contributed by atoms with Crippen LogP contribution in [0.1, 0.15) is 37.2 Å². The average Bonchev–Trinajstić information content (AvgIpc) is 3.11. The van der Waals surface area contributed by atoms with Crippen molar-refractivity contribution in [3.8, 4) is 11.4 Å². The average molecular weight is 341 g/mol. The smallest absolute Gasteiger partial charge is 0.271 e. The fraction of sp³-hybridized carbons (Fsp3) is 0.444. The van der Waals surface area contributed by atoms with Crippen LogP contribution in [-0.4, -0.2) is 51.0 Å². The zero-order valence-electron chi connectivity index (χ0n) is 14.5. The number of aromatic nitrogens is 3. The lowest BCUT2D eigenvalue weighted by atomic mass is 9.96. The molecule has 0 unspecified atom stereocenters. The number of nitrogens with one attached hydrogen (secondary N) is 2. The van der Waals surface area contributed by atoms with Crippen molar-refractivity contribution < 1.29 is 9.59 Å². The number of hydrogen-bond donors (Lipinski definition) is 2. The molecule has 2 aromatic rings. The molecule has 0 saturated carbocycles. The van der Waals surface area contributed by atoms with Gasteiger partial charge in [0.2, 0.25) is 5.91 Å². The summed E-state index contributed by atoms with van der Waals surface area (Å²) in [6.45, 7) is 4.97. The van der Waals surface area contributed by atoms with E-state index < -0.39 is 0 Å². The molecular weight excluding hydrogens is 318 g/mol. The number of H-pyrrole nitrogens is 1. The Kier molecular flexibility index (Phi) is 5.11. The lowest BCUT2D eigenvalue weighted by Crippen LogP contribution is -2.46. The highest BCUT2D eigenvalue weighted by Gasteiger charge is 2.29. The van der Waals surface area contributed by atoms with Gasteiger partial charge in [0.1, 0.15) is 11.4 Å². The molecule has 0 aliphatic carbocycles. The van der Waals surface area contributed by atoms with E-state index in [2.05, 4.69) is 20.5 Å². The van der Waals surface area contributed by atoms with Crippen LogP contribution in [0.5, 0.6) is 0 Å². The molecule has 0 spiro atoms. The summed E-state index contributed by atoms with van der Waals surface area (Å²) in [6.07, 6.45) is 3.32. The van der Waals surface area contributed by atoms with Crippen LogP contribution in [0.3, 0.4) is 0 Å². The number of carbonyl (C=O) groups excluding carboxylic acids is 2. The van der Waals surface area contributed by atoms with Gasteiger partial charge in [0.15, 0.2) is 0 Å². The first-order valence-corrected chi connectivity index (χ1v) is 8.61. The fourth-order valence-corrected chi connectivity index (χ4v) is 3.03. The van der Waals surface area contributed by atoms with E-state index in [0.29, 0.717) is 30.2 Å². The van der Waals surface area contributed by atoms with E-state index in [1.165, 1.54) is 0 Å². The summed E-state index contributed by atoms with van der Waals surface area (Å²) in [5.41, 5.74) is 1.77. The van der Waals surface area contributed by atoms with Gasteiger partial charge in [-0.25, -0.2) is 0 Å². The number of aromatic amines is 1. The maximum absolute atomic E-state index is 12.7. The van der Waals surface area contributed by atoms with Crippen molar-refractivity contribution >= 4 is 11.8 Å². The second-order valence-electron chi connectivity index (χ2n) is 6.64. The number of pyridine rings is 1. The van der Waals surface area contributed by atoms with Crippen LogP contribution in [0.25, 0.3) is 11.4 Å². The monoisotopic (exact) mass is 341 g/mol. The Labute approximate surface area is 146 Å². The normalized spacial score (nSPS) is 17.6. The van der Waals surface area contributed by atoms with Gasteiger partial charge in [-0.3, -0.25) is 19.7 Å². The number of amides is 2. The maximum atomic E-state index is 12.7. The minimum Gasteiger partial charge on any atom is -0.354 e. The standard InChI is InChI=1S/C18H23N5O2/c1-12(2)20-17(24)13-6-5-9-23(11-13)18(25)16-10-15(21-22-16)14-7-3-4-8-19-14/h3-4,7-8,10,12-13H,5-6,9,11H2,1-2H3,(H,20,24)(H,21,22)/t13-/m1/s1. The molecule has 7 heteroatoms. The van der Waals surface area contributed by atoms with Crippen LogP contribution in [0.15, 0.2) is 30.5 Å². The largest absolute Gasteiger partial charge is 0.354 e. The highest BCUT2D eigenvalue weighted by atomic mass is 16.2. The molecule has 132 valence electrons. The van der Waals surface area contributed by atoms with Gasteiger partial charge < -0.3 is 10.2 Å². The Hall–Kier alpha value is -2.70. The first-order valence-electron chi connectivity index (χ1n) is 8.61. The molecule has 0 bridgehead atoms. The third-order valence-corrected chi connectivity index (χ3v) is 4.25. The van der Waals surface area contributed by atoms with Crippen molar-refractivity contribution in [2.24, 2.45) is 5.92 Å². The first-order chi connectivity index (χ1) is 12.0. The topological polar surface area (TPSA) is 91.0 Å². The van der Waals surface area contributed by atoms with Crippen molar-refractivity contribution in [3.63, 3.8) is 0 Å². The molecule has 2 amide bonds. The van der Waals surface area contributed by atoms with Gasteiger partial charge in [0, 0.05) is 25.3 Å². The number of piperidine rings is 1. The molecule has 25 heavy (non-hydrogen) atoms. The number of hydrogen-bond acceptors (Lipinski definition) is 4. The SMILES string of the molecule is CC(C)NC(=O)[C@@H]1CCCN(C(=O)c2cc(-c3ccccn3)n[nH]2)C1. The zero-order chi connectivity index (χ0) is 17.8. The van der Waals surface area contributed by atoms with Crippen molar-refractivity contribution in [3.05, 3.63) is 36.2 Å². The van der Waals surface area contributed by atoms with Gasteiger partial charge in [0.05, 0.1) is 11.6 Å². The molecule has 2 aromatic heterocycles. The highest BCUT2D eigenvalue weighted by molar-refractivity contribution is 5.93. The minimum atomic E-state index is -0.154. The molecule has 1 atom stereocenters. The lowest BCUT2D eigenvalue weighted by Gasteiger charge is -2.32. The Morgan fingerprint density at radius 2 is 2.16 bits per heavy atom. The molecule has 1 saturated heterocycles. The van der Waals surface area contributed by atoms with Crippen LogP contribution >= 0.6 is 0 Å². The van der Waals surface area contributed by atoms with E-state index >= 15 is 0 Å². The second kappa shape index (κ2) is 7.46. The van der Waals surface area contributed by atoms with Crippen LogP contribution in [-0.2, 0) is 4.79 Å². The summed E-state index contributed by atoms with van der Waals surface area (Å²) < 4.78 is 0. The van der Waals surface area contributed by atoms with Crippen molar-refractivity contribution in [2.45, 2.75) is 32.7 Å². The molecule has 1 fully saturated rings. The predicted molar refractivity (Wildman–Crippen MR) is 93.7 cm³/mol. The predicted octanol–water partition coefficient (Wildman–Crippen LogP) is 1.85. The van der Waals surface area contributed by atoms with Gasteiger partial charge in [0.25, 0.3) is 5.91 Å². The number of rotatable bonds is 4. The Morgan fingerprint density at radius 1 is 1.32 bits per heavy atom. The Morgan fingerprint density at radius 3 is 2.88 bits per heavy atom. The van der Waals surface area contributed by atoms with Gasteiger partial charge in [-0.1, -0.05) is 6.07 Å². The fourth-order valence-electron chi connectivity index (χ4n) is 3.03. The zero-order valence-corrected chi connectivity index (χ0v) is 14.5. The summed E-state index contributed by atoms with van der Waals surface area (Å²) >= 11 is 0. The highest BCUT2D eigenvalue weighted by Crippen LogP contribution is 2.20. The van der Waals surface area contributed by atoms with Crippen LogP contribution in [0.4, 0.5) is 0 Å². The summed E-state index contributed by atoms with van der Waals surface area (Å²) in [4.78, 5) is 30.9. The summed E-state index contributed by atoms with van der Waals surface area (Å²) in [5, 5.41) is 9.91. The van der Waals surface area contributed by atoms with E-state index in [9.17, 15) is 9.59 Å². The lowest BCUT2D eigenvalue weighted by molar-refractivity contribution is -0.126. The third kappa shape index (κ3) is 4.04. The van der Waals surface area contributed by atoms with Crippen LogP contribution < -0.4 is 5.32 Å². The summed E-state index contributed by atoms with van der Waals surface area (Å²) in [5.74, 6) is -0.263. The molecule has 3 heterocycles. The van der Waals surface area contributed by atoms with E-state index in [4.69, 9.17) is 0 Å². The summed E-state index contributed by atoms with van der Waals surface area (Å²) in [6, 6.07) is 7.37. The Bertz CT molecular complexity index is 741. The van der Waals surface area contributed by atoms with Gasteiger partial charge in [-0.2, -0.15) is 5.10 Å². The third-order valence-electron chi connectivity index (χ3n) is 4.25. The minimum absolute atomic E-state index is 0.0197. The molecule has 0 aromatic carbocycles. The number of nitrogens with zero attached hydrogens (tertiary/aromatic N) is 3. The Balaban J connectivity index is 1.68. The van der Waals surface area contributed by atoms with Crippen molar-refractivity contribution in [1.82, 2.24) is 25.4 Å². The van der Waals surface area contributed by atoms with Gasteiger partial charge in [-0.05, 0) is 44.9 Å². The number of likely N-dealkylation sites (tertiary alicyclic amines) is 1. The van der Waals surface area contributed by atoms with Gasteiger partial charge in [-0.15, -0.1) is 0 Å². The van der Waals surface area contributed by atoms with E-state index in [0.717, 1.165) is 12.8 Å². The van der Waals surface area contributed by atoms with Crippen LogP contribution in [0, 0.1) is 5.92 Å². The summed E-state index contributed by atoms with van der Waals surface area (Å²) in [7, 11) is 0. The van der Waals surface area contributed by atoms with E-state index in [1.807, 2.05) is 32.0 Å². The molecule has 1 aliphatic heterocycles. The van der Waals surface area contributed by atoms with E-state index in [1.54, 1.807) is 17.2 Å². The molecule has 7 nitrogen and oxygen atoms in total. The van der Waals surface area contributed by atoms with Gasteiger partial charge >= 0.3 is 0 Å². The van der Waals surface area contributed by atoms with Crippen molar-refractivity contribution in [1.29, 1.82) is 0 Å². The molecule has 1 aliphatic rings. The maximum Gasteiger partial charge on any atom is 0.271 e. The molecule has 3 rings (SSSR count). The molecule has 2 N–H and O–H groups in total. The second-order valence-corrected chi connectivity index (χ2v) is 6.64. The molecular formula is C18H23N5O2. The number of carbonyl (C=O) groups is 2. The van der Waals surface area contributed by atoms with Crippen molar-refractivity contribution in [2.75, 3.05) is 13.1 Å². The quantitative estimate of drug-likeness (QED) is 0.888. The van der Waals surface area contributed by atoms with E-state index in [-0.39, 0.29) is 23.8 Å².